The Labute approximate surface area is 171 Å². The van der Waals surface area contributed by atoms with E-state index in [1.165, 1.54) is 25.9 Å². The van der Waals surface area contributed by atoms with Gasteiger partial charge < -0.3 is 9.64 Å². The highest BCUT2D eigenvalue weighted by Gasteiger charge is 2.30. The lowest BCUT2D eigenvalue weighted by Crippen LogP contribution is -2.20. The van der Waals surface area contributed by atoms with Crippen molar-refractivity contribution >= 4 is 27.3 Å². The van der Waals surface area contributed by atoms with Gasteiger partial charge in [-0.25, -0.2) is 0 Å². The average molecular weight is 419 g/mol. The molecule has 0 N–H and O–H groups in total. The molecule has 0 unspecified atom stereocenters. The third-order valence-electron chi connectivity index (χ3n) is 5.15. The predicted octanol–water partition coefficient (Wildman–Crippen LogP) is 4.13. The Kier molecular flexibility index (Phi) is 5.71. The second kappa shape index (κ2) is 8.23. The van der Waals surface area contributed by atoms with Gasteiger partial charge in [-0.05, 0) is 69.6 Å². The molecule has 0 amide bonds. The fraction of sp³-hybridized carbons (Fsp3) is 0.381. The number of fused-ring (bicyclic) bond motifs is 1. The van der Waals surface area contributed by atoms with E-state index in [2.05, 4.69) is 9.30 Å². The Hall–Kier alpha value is -1.89. The van der Waals surface area contributed by atoms with Crippen LogP contribution in [-0.4, -0.2) is 45.3 Å². The average Bonchev–Trinajstić information content (AvgIpc) is 3.28. The predicted molar refractivity (Wildman–Crippen MR) is 111 cm³/mol. The van der Waals surface area contributed by atoms with E-state index in [0.29, 0.717) is 28.7 Å². The summed E-state index contributed by atoms with van der Waals surface area (Å²) in [4.78, 5) is 2.68. The fourth-order valence-electron chi connectivity index (χ4n) is 3.67. The maximum Gasteiger partial charge on any atom is 0.283 e. The molecule has 2 heterocycles. The molecule has 1 fully saturated rings. The summed E-state index contributed by atoms with van der Waals surface area (Å²) in [6, 6.07) is 12.2. The molecule has 148 valence electrons. The lowest BCUT2D eigenvalue weighted by Gasteiger charge is -2.14. The summed E-state index contributed by atoms with van der Waals surface area (Å²) in [7, 11) is -3.71. The van der Waals surface area contributed by atoms with E-state index in [9.17, 15) is 8.42 Å². The van der Waals surface area contributed by atoms with Crippen LogP contribution in [0.15, 0.2) is 51.8 Å². The van der Waals surface area contributed by atoms with E-state index in [4.69, 9.17) is 16.3 Å². The van der Waals surface area contributed by atoms with Gasteiger partial charge in [0.05, 0.1) is 12.3 Å². The molecule has 2 aliphatic heterocycles. The number of halogens is 1. The maximum absolute atomic E-state index is 12.5. The molecule has 0 aliphatic carbocycles. The van der Waals surface area contributed by atoms with Crippen molar-refractivity contribution in [2.45, 2.75) is 30.6 Å². The van der Waals surface area contributed by atoms with Gasteiger partial charge in [-0.3, -0.25) is 0 Å². The number of likely N-dealkylation sites (tertiary alicyclic amines) is 1. The Morgan fingerprint density at radius 2 is 1.79 bits per heavy atom. The zero-order valence-electron chi connectivity index (χ0n) is 15.6. The smallest absolute Gasteiger partial charge is 0.283 e. The molecule has 4 rings (SSSR count). The molecule has 0 atom stereocenters. The van der Waals surface area contributed by atoms with Crippen molar-refractivity contribution in [3.63, 3.8) is 0 Å². The van der Waals surface area contributed by atoms with Crippen molar-refractivity contribution in [3.05, 3.63) is 58.6 Å². The second-order valence-electron chi connectivity index (χ2n) is 7.18. The van der Waals surface area contributed by atoms with Gasteiger partial charge in [0.1, 0.15) is 10.6 Å². The molecule has 5 nitrogen and oxygen atoms in total. The first-order valence-corrected chi connectivity index (χ1v) is 11.5. The number of hydrogen-bond donors (Lipinski definition) is 0. The van der Waals surface area contributed by atoms with Crippen LogP contribution in [-0.2, 0) is 10.0 Å². The molecule has 0 aromatic heterocycles. The number of nitrogens with zero attached hydrogens (tertiary/aromatic N) is 2. The van der Waals surface area contributed by atoms with Crippen molar-refractivity contribution in [2.75, 3.05) is 26.2 Å². The normalized spacial score (nSPS) is 18.1. The summed E-state index contributed by atoms with van der Waals surface area (Å²) in [5.41, 5.74) is 1.77. The van der Waals surface area contributed by atoms with Crippen LogP contribution in [0.1, 0.15) is 36.8 Å². The van der Waals surface area contributed by atoms with Crippen molar-refractivity contribution < 1.29 is 13.2 Å². The first kappa shape index (κ1) is 19.4. The van der Waals surface area contributed by atoms with E-state index in [1.54, 1.807) is 36.4 Å². The first-order chi connectivity index (χ1) is 13.5. The summed E-state index contributed by atoms with van der Waals surface area (Å²) >= 11 is 5.93. The highest BCUT2D eigenvalue weighted by Crippen LogP contribution is 2.32. The number of unbranched alkanes of at least 4 members (excludes halogenated alkanes) is 1. The van der Waals surface area contributed by atoms with Crippen molar-refractivity contribution in [1.82, 2.24) is 4.90 Å². The highest BCUT2D eigenvalue weighted by molar-refractivity contribution is 7.90. The number of benzene rings is 2. The first-order valence-electron chi connectivity index (χ1n) is 9.63. The van der Waals surface area contributed by atoms with Gasteiger partial charge >= 0.3 is 0 Å². The van der Waals surface area contributed by atoms with Crippen LogP contribution in [0.2, 0.25) is 5.02 Å². The molecule has 0 radical (unpaired) electrons. The van der Waals surface area contributed by atoms with Gasteiger partial charge in [0, 0.05) is 22.2 Å². The zero-order valence-corrected chi connectivity index (χ0v) is 17.2. The van der Waals surface area contributed by atoms with Crippen molar-refractivity contribution in [1.29, 1.82) is 0 Å². The lowest BCUT2D eigenvalue weighted by atomic mass is 10.0. The molecule has 2 aromatic carbocycles. The second-order valence-corrected chi connectivity index (χ2v) is 9.19. The molecule has 2 aromatic rings. The molecular formula is C21H23ClN2O3S. The van der Waals surface area contributed by atoms with Gasteiger partial charge in [0.15, 0.2) is 0 Å². The highest BCUT2D eigenvalue weighted by atomic mass is 35.5. The molecular weight excluding hydrogens is 396 g/mol. The van der Waals surface area contributed by atoms with Gasteiger partial charge in [-0.15, -0.1) is 0 Å². The Morgan fingerprint density at radius 1 is 1.04 bits per heavy atom. The summed E-state index contributed by atoms with van der Waals surface area (Å²) in [5, 5.41) is 0.596. The summed E-state index contributed by atoms with van der Waals surface area (Å²) in [6.07, 6.45) is 4.65. The summed E-state index contributed by atoms with van der Waals surface area (Å²) < 4.78 is 34.8. The van der Waals surface area contributed by atoms with Crippen LogP contribution in [0.3, 0.4) is 0 Å². The lowest BCUT2D eigenvalue weighted by molar-refractivity contribution is 0.279. The minimum atomic E-state index is -3.71. The number of rotatable bonds is 7. The van der Waals surface area contributed by atoms with E-state index in [0.717, 1.165) is 24.9 Å². The van der Waals surface area contributed by atoms with Crippen molar-refractivity contribution in [2.24, 2.45) is 4.40 Å². The van der Waals surface area contributed by atoms with Crippen LogP contribution in [0.25, 0.3) is 0 Å². The zero-order chi connectivity index (χ0) is 19.6. The third-order valence-corrected chi connectivity index (χ3v) is 6.72. The van der Waals surface area contributed by atoms with Gasteiger partial charge in [0.25, 0.3) is 10.0 Å². The quantitative estimate of drug-likeness (QED) is 0.634. The molecule has 0 spiro atoms. The van der Waals surface area contributed by atoms with E-state index < -0.39 is 10.0 Å². The van der Waals surface area contributed by atoms with Crippen LogP contribution in [0, 0.1) is 0 Å². The SMILES string of the molecule is O=S1(=O)N=C(c2ccc(Cl)cc2)c2ccc(OCCCCN3CCCC3)cc21. The summed E-state index contributed by atoms with van der Waals surface area (Å²) in [5.74, 6) is 0.566. The number of sulfonamides is 1. The van der Waals surface area contributed by atoms with E-state index in [1.807, 2.05) is 6.07 Å². The maximum atomic E-state index is 12.5. The molecule has 0 bridgehead atoms. The van der Waals surface area contributed by atoms with Gasteiger partial charge in [-0.2, -0.15) is 12.8 Å². The molecule has 28 heavy (non-hydrogen) atoms. The molecule has 7 heteroatoms. The largest absolute Gasteiger partial charge is 0.494 e. The molecule has 2 aliphatic rings. The minimum absolute atomic E-state index is 0.201. The Balaban J connectivity index is 1.41. The van der Waals surface area contributed by atoms with Crippen LogP contribution >= 0.6 is 11.6 Å². The number of ether oxygens (including phenoxy) is 1. The van der Waals surface area contributed by atoms with E-state index >= 15 is 0 Å². The summed E-state index contributed by atoms with van der Waals surface area (Å²) in [6.45, 7) is 4.11. The Bertz CT molecular complexity index is 981. The number of hydrogen-bond acceptors (Lipinski definition) is 4. The van der Waals surface area contributed by atoms with Crippen molar-refractivity contribution in [3.8, 4) is 5.75 Å². The minimum Gasteiger partial charge on any atom is -0.494 e. The molecule has 1 saturated heterocycles. The fourth-order valence-corrected chi connectivity index (χ4v) is 5.05. The monoisotopic (exact) mass is 418 g/mol. The standard InChI is InChI=1S/C21H23ClN2O3S/c22-17-7-5-16(6-8-17)21-19-10-9-18(15-20(19)28(25,26)23-21)27-14-4-3-13-24-11-1-2-12-24/h5-10,15H,1-4,11-14H2. The topological polar surface area (TPSA) is 59.0 Å². The molecule has 0 saturated carbocycles. The van der Waals surface area contributed by atoms with Gasteiger partial charge in [-0.1, -0.05) is 23.7 Å². The van der Waals surface area contributed by atoms with Crippen LogP contribution in [0.4, 0.5) is 0 Å². The third kappa shape index (κ3) is 4.24. The Morgan fingerprint density at radius 3 is 2.54 bits per heavy atom. The van der Waals surface area contributed by atoms with Crippen LogP contribution < -0.4 is 4.74 Å². The van der Waals surface area contributed by atoms with E-state index in [-0.39, 0.29) is 4.90 Å². The van der Waals surface area contributed by atoms with Crippen LogP contribution in [0.5, 0.6) is 5.75 Å². The van der Waals surface area contributed by atoms with Gasteiger partial charge in [0.2, 0.25) is 0 Å².